The summed E-state index contributed by atoms with van der Waals surface area (Å²) in [5.74, 6) is 0. The van der Waals surface area contributed by atoms with Crippen LogP contribution in [0.4, 0.5) is 34.1 Å². The third-order valence-corrected chi connectivity index (χ3v) is 9.45. The Balaban J connectivity index is 0.000000325. The van der Waals surface area contributed by atoms with Crippen LogP contribution in [0, 0.1) is 20.2 Å². The number of nitrogens with zero attached hydrogens (tertiary/aromatic N) is 4. The van der Waals surface area contributed by atoms with Gasteiger partial charge in [-0.3, -0.25) is 34.6 Å². The molecule has 9 rings (SSSR count). The summed E-state index contributed by atoms with van der Waals surface area (Å²) >= 11 is 1.32. The fraction of sp³-hybridized carbons (Fsp3) is 0.170. The second kappa shape index (κ2) is 27.2. The first kappa shape index (κ1) is 59.0. The van der Waals surface area contributed by atoms with Crippen molar-refractivity contribution in [2.75, 3.05) is 61.0 Å². The van der Waals surface area contributed by atoms with Crippen molar-refractivity contribution >= 4 is 168 Å². The fourth-order valence-corrected chi connectivity index (χ4v) is 6.33. The number of nitrogens with two attached hydrogens (primary N) is 2. The van der Waals surface area contributed by atoms with Crippen molar-refractivity contribution in [3.63, 3.8) is 0 Å². The maximum absolute atomic E-state index is 12.4. The number of anilines is 4. The van der Waals surface area contributed by atoms with Crippen molar-refractivity contribution in [2.24, 2.45) is 0 Å². The first-order valence-electron chi connectivity index (χ1n) is 19.5. The Morgan fingerprint density at radius 1 is 0.551 bits per heavy atom. The molecule has 0 atom stereocenters. The van der Waals surface area contributed by atoms with Crippen molar-refractivity contribution in [2.45, 2.75) is 14.4 Å². The molecule has 9 aromatic rings. The van der Waals surface area contributed by atoms with Crippen LogP contribution in [0.1, 0.15) is 14.4 Å². The van der Waals surface area contributed by atoms with Crippen LogP contribution < -0.4 is 37.6 Å². The molecule has 22 heteroatoms. The molecule has 0 aliphatic rings. The van der Waals surface area contributed by atoms with Crippen LogP contribution >= 0.6 is 40.4 Å². The summed E-state index contributed by atoms with van der Waals surface area (Å²) in [5, 5.41) is 31.7. The van der Waals surface area contributed by atoms with E-state index in [1.54, 1.807) is 55.5 Å². The van der Waals surface area contributed by atoms with Gasteiger partial charge in [-0.05, 0) is 72.5 Å². The number of hydrogen-bond acceptors (Lipinski definition) is 15. The van der Waals surface area contributed by atoms with E-state index in [1.807, 2.05) is 61.1 Å². The van der Waals surface area contributed by atoms with E-state index in [4.69, 9.17) is 47.7 Å². The molecular formula is C47H47BCl2IN6O11Sn. The van der Waals surface area contributed by atoms with Crippen LogP contribution in [0.15, 0.2) is 137 Å². The predicted octanol–water partition coefficient (Wildman–Crippen LogP) is 10.3. The minimum atomic E-state index is -0.826. The van der Waals surface area contributed by atoms with Gasteiger partial charge in [-0.15, -0.1) is 0 Å². The number of fused-ring (bicyclic) bond motifs is 6. The summed E-state index contributed by atoms with van der Waals surface area (Å²) in [6, 6.07) is 28.6. The number of nitrogen functional groups attached to an aromatic ring is 2. The van der Waals surface area contributed by atoms with Gasteiger partial charge in [0.05, 0.1) is 54.3 Å². The molecule has 0 spiro atoms. The molecule has 0 aliphatic carbocycles. The first-order chi connectivity index (χ1) is 31.9. The van der Waals surface area contributed by atoms with Crippen molar-refractivity contribution in [1.29, 1.82) is 0 Å². The van der Waals surface area contributed by atoms with E-state index in [1.165, 1.54) is 42.5 Å². The summed E-state index contributed by atoms with van der Waals surface area (Å²) in [6.45, 7) is 1.93. The first-order valence-corrected chi connectivity index (χ1v) is 28.9. The monoisotopic (exact) mass is 1200 g/mol. The molecule has 17 nitrogen and oxygen atoms in total. The zero-order valence-electron chi connectivity index (χ0n) is 37.3. The Bertz CT molecular complexity index is 3430. The van der Waals surface area contributed by atoms with E-state index in [0.717, 1.165) is 11.4 Å². The van der Waals surface area contributed by atoms with Gasteiger partial charge >= 0.3 is 36.7 Å². The van der Waals surface area contributed by atoms with E-state index < -0.39 is 28.7 Å². The topological polar surface area (TPSA) is 256 Å². The number of rotatable bonds is 4. The zero-order chi connectivity index (χ0) is 49.7. The number of halogens is 3. The Labute approximate surface area is 428 Å². The molecule has 5 N–H and O–H groups in total. The van der Waals surface area contributed by atoms with Crippen LogP contribution in [-0.4, -0.2) is 82.0 Å². The molecule has 0 saturated carbocycles. The molecule has 0 aliphatic heterocycles. The van der Waals surface area contributed by atoms with E-state index in [0.29, 0.717) is 66.0 Å². The number of benzene rings is 6. The Morgan fingerprint density at radius 2 is 0.783 bits per heavy atom. The number of aliphatic hydroxyl groups is 1. The van der Waals surface area contributed by atoms with Gasteiger partial charge in [0, 0.05) is 102 Å². The fourth-order valence-electron chi connectivity index (χ4n) is 6.33. The van der Waals surface area contributed by atoms with Crippen LogP contribution in [0.3, 0.4) is 0 Å². The molecule has 0 bridgehead atoms. The van der Waals surface area contributed by atoms with Gasteiger partial charge in [0.25, 0.3) is 11.4 Å². The Morgan fingerprint density at radius 3 is 1.04 bits per heavy atom. The molecule has 0 unspecified atom stereocenters. The molecule has 0 fully saturated rings. The van der Waals surface area contributed by atoms with E-state index in [2.05, 4.69) is 22.6 Å². The van der Waals surface area contributed by atoms with Gasteiger partial charge in [-0.1, -0.05) is 30.0 Å². The summed E-state index contributed by atoms with van der Waals surface area (Å²) in [7, 11) is 17.5. The average molecular weight is 1200 g/mol. The van der Waals surface area contributed by atoms with E-state index in [9.17, 15) is 34.6 Å². The Hall–Kier alpha value is -6.14. The zero-order valence-corrected chi connectivity index (χ0v) is 43.8. The van der Waals surface area contributed by atoms with Crippen molar-refractivity contribution in [3.05, 3.63) is 160 Å². The maximum atomic E-state index is 12.4. The summed E-state index contributed by atoms with van der Waals surface area (Å²) in [4.78, 5) is 63.3. The number of nitro groups is 2. The van der Waals surface area contributed by atoms with Gasteiger partial charge < -0.3 is 39.6 Å². The molecule has 6 aromatic carbocycles. The summed E-state index contributed by atoms with van der Waals surface area (Å²) in [5.41, 5.74) is 15.8. The van der Waals surface area contributed by atoms with E-state index >= 15 is 0 Å². The number of alkyl halides is 1. The molecule has 69 heavy (non-hydrogen) atoms. The molecule has 3 heterocycles. The number of aliphatic hydroxyl groups excluding tert-OH is 1. The van der Waals surface area contributed by atoms with Crippen LogP contribution in [-0.2, 0) is 0 Å². The van der Waals surface area contributed by atoms with E-state index in [-0.39, 0.29) is 61.3 Å². The van der Waals surface area contributed by atoms with Gasteiger partial charge in [0.15, 0.2) is 0 Å². The van der Waals surface area contributed by atoms with Gasteiger partial charge in [0.2, 0.25) is 16.3 Å². The number of hydrogen-bond donors (Lipinski definition) is 3. The van der Waals surface area contributed by atoms with Crippen molar-refractivity contribution in [3.8, 4) is 0 Å². The molecule has 0 amide bonds. The van der Waals surface area contributed by atoms with Crippen LogP contribution in [0.2, 0.25) is 0 Å². The molecule has 0 saturated heterocycles. The normalized spacial score (nSPS) is 10.0. The van der Waals surface area contributed by atoms with Crippen molar-refractivity contribution < 1.29 is 28.2 Å². The van der Waals surface area contributed by atoms with Gasteiger partial charge in [-0.2, -0.15) is 0 Å². The predicted molar refractivity (Wildman–Crippen MR) is 293 cm³/mol. The summed E-state index contributed by atoms with van der Waals surface area (Å²) < 4.78 is 17.0. The third-order valence-electron chi connectivity index (χ3n) is 9.45. The van der Waals surface area contributed by atoms with Gasteiger partial charge in [0.1, 0.15) is 33.5 Å². The average Bonchev–Trinajstić information content (AvgIpc) is 3.30. The number of non-ortho nitro benzene ring substituents is 2. The number of nitro benzene ring substituents is 2. The summed E-state index contributed by atoms with van der Waals surface area (Å²) in [6.07, 6.45) is 0. The molecular weight excluding hydrogens is 1150 g/mol. The molecule has 5 radical (unpaired) electrons. The van der Waals surface area contributed by atoms with Gasteiger partial charge in [-0.25, -0.2) is 0 Å². The minimum absolute atomic E-state index is 0. The standard InChI is InChI=1S/C15H12N2O4.C15H14N2O2.C13H8N2O4.C2H6O.CH3I.CH4.B.2ClH.Sn/c1-16(2)9-3-5-11-13(7-9)21-14-8-10(17(19)20)4-6-12(14)15(11)18;1-17(2)10-4-6-12-14(8-10)19-13-7-9(16)3-5-11(13)15(12)18;14-7-1-3-9-11(5-7)19-12-6-8(15(17)18)2-4-10(12)13(9)16;1-2-3;1-2;;;;;/h3-8H,1-2H3;3-8H,16H2,1-2H3;1-6H,14H2;3H,2H2,1H3;1H3;1H4;;2*1H;/q;;;;;;;;;+2/p-2. The second-order valence-electron chi connectivity index (χ2n) is 14.2. The third kappa shape index (κ3) is 14.5. The molecule has 359 valence electrons. The molecule has 3 aromatic heterocycles. The quantitative estimate of drug-likeness (QED) is 0.0282. The SMILES string of the molecule is C.CCO.CI.CN(C)c1ccc2c(=O)c3ccc(N)cc3oc2c1.CN(C)c1ccc2c(=O)c3ccc([N+](=O)[O-])cc3oc2c1.Nc1ccc2c(=O)c3ccc([N+](=O)[O-])cc3oc2c1.[B].[Cl][Sn][Cl]. The van der Waals surface area contributed by atoms with Crippen LogP contribution in [0.25, 0.3) is 65.8 Å². The van der Waals surface area contributed by atoms with Crippen LogP contribution in [0.5, 0.6) is 0 Å². The second-order valence-corrected chi connectivity index (χ2v) is 18.5. The van der Waals surface area contributed by atoms with Crippen molar-refractivity contribution in [1.82, 2.24) is 0 Å². The Kier molecular flexibility index (Phi) is 23.2.